The van der Waals surface area contributed by atoms with Crippen LogP contribution in [-0.2, 0) is 4.79 Å². The third kappa shape index (κ3) is 3.55. The molecule has 2 aromatic rings. The summed E-state index contributed by atoms with van der Waals surface area (Å²) in [7, 11) is 0. The predicted molar refractivity (Wildman–Crippen MR) is 92.3 cm³/mol. The van der Waals surface area contributed by atoms with Gasteiger partial charge in [-0.25, -0.2) is 14.8 Å². The van der Waals surface area contributed by atoms with Gasteiger partial charge < -0.3 is 16.2 Å². The molecule has 6 nitrogen and oxygen atoms in total. The van der Waals surface area contributed by atoms with E-state index in [2.05, 4.69) is 21.9 Å². The fourth-order valence-corrected chi connectivity index (χ4v) is 2.22. The number of pyridine rings is 1. The van der Waals surface area contributed by atoms with Crippen LogP contribution in [0.25, 0.3) is 10.8 Å². The summed E-state index contributed by atoms with van der Waals surface area (Å²) in [6.07, 6.45) is 0.943. The zero-order chi connectivity index (χ0) is 17.0. The molecule has 1 aromatic heterocycles. The number of carbonyl (C=O) groups is 1. The second-order valence-electron chi connectivity index (χ2n) is 4.97. The molecule has 118 valence electrons. The summed E-state index contributed by atoms with van der Waals surface area (Å²) in [5.41, 5.74) is 6.68. The average molecular weight is 310 g/mol. The van der Waals surface area contributed by atoms with E-state index in [1.54, 1.807) is 6.92 Å². The second kappa shape index (κ2) is 6.74. The lowest BCUT2D eigenvalue weighted by Gasteiger charge is -2.12. The lowest BCUT2D eigenvalue weighted by atomic mass is 10.1. The summed E-state index contributed by atoms with van der Waals surface area (Å²) in [5, 5.41) is 14.3. The number of benzene rings is 1. The van der Waals surface area contributed by atoms with Crippen molar-refractivity contribution in [3.05, 3.63) is 59.6 Å². The number of allylic oxidation sites excluding steroid dienone is 1. The van der Waals surface area contributed by atoms with Crippen LogP contribution in [0.1, 0.15) is 12.6 Å². The number of nitrogens with two attached hydrogens (primary N) is 1. The monoisotopic (exact) mass is 310 g/mol. The molecule has 2 rings (SSSR count). The maximum Gasteiger partial charge on any atom is 0.354 e. The molecular formula is C17H18N4O2. The van der Waals surface area contributed by atoms with Gasteiger partial charge in [0.1, 0.15) is 5.82 Å². The highest BCUT2D eigenvalue weighted by Gasteiger charge is 2.13. The van der Waals surface area contributed by atoms with Crippen molar-refractivity contribution in [2.45, 2.75) is 13.8 Å². The molecule has 23 heavy (non-hydrogen) atoms. The zero-order valence-electron chi connectivity index (χ0n) is 13.0. The van der Waals surface area contributed by atoms with Crippen LogP contribution < -0.4 is 11.1 Å². The van der Waals surface area contributed by atoms with E-state index in [1.807, 2.05) is 37.3 Å². The molecule has 0 unspecified atom stereocenters. The molecular weight excluding hydrogens is 292 g/mol. The van der Waals surface area contributed by atoms with E-state index in [0.717, 1.165) is 22.8 Å². The fraction of sp³-hybridized carbons (Fsp3) is 0.118. The molecule has 1 aromatic carbocycles. The second-order valence-corrected chi connectivity index (χ2v) is 4.97. The number of aliphatic carboxylic acids is 1. The number of nitrogens with zero attached hydrogens (tertiary/aromatic N) is 2. The first kappa shape index (κ1) is 16.2. The van der Waals surface area contributed by atoms with Crippen molar-refractivity contribution in [2.75, 3.05) is 5.32 Å². The zero-order valence-corrected chi connectivity index (χ0v) is 13.0. The Hall–Kier alpha value is -3.15. The quantitative estimate of drug-likeness (QED) is 0.341. The highest BCUT2D eigenvalue weighted by molar-refractivity contribution is 5.90. The van der Waals surface area contributed by atoms with Crippen LogP contribution in [0.15, 0.2) is 58.9 Å². The van der Waals surface area contributed by atoms with Gasteiger partial charge in [-0.1, -0.05) is 30.8 Å². The Morgan fingerprint density at radius 2 is 2.13 bits per heavy atom. The number of nitrogens with one attached hydrogen (secondary N) is 1. The first-order valence-corrected chi connectivity index (χ1v) is 6.95. The lowest BCUT2D eigenvalue weighted by Crippen LogP contribution is -2.09. The number of aryl methyl sites for hydroxylation is 1. The maximum atomic E-state index is 11.2. The van der Waals surface area contributed by atoms with Gasteiger partial charge in [-0.05, 0) is 25.3 Å². The van der Waals surface area contributed by atoms with Gasteiger partial charge in [-0.3, -0.25) is 0 Å². The molecule has 0 aliphatic heterocycles. The van der Waals surface area contributed by atoms with Gasteiger partial charge in [0.05, 0.1) is 6.34 Å². The number of hydrogen-bond acceptors (Lipinski definition) is 4. The Labute approximate surface area is 134 Å². The van der Waals surface area contributed by atoms with Gasteiger partial charge in [-0.2, -0.15) is 0 Å². The van der Waals surface area contributed by atoms with E-state index in [9.17, 15) is 4.79 Å². The maximum absolute atomic E-state index is 11.2. The van der Waals surface area contributed by atoms with Crippen molar-refractivity contribution in [3.63, 3.8) is 0 Å². The van der Waals surface area contributed by atoms with Gasteiger partial charge in [0.25, 0.3) is 0 Å². The lowest BCUT2D eigenvalue weighted by molar-refractivity contribution is -0.132. The van der Waals surface area contributed by atoms with Gasteiger partial charge in [0.2, 0.25) is 0 Å². The minimum atomic E-state index is -1.17. The number of aliphatic imine (C=N–C) groups is 1. The highest BCUT2D eigenvalue weighted by atomic mass is 16.4. The number of anilines is 1. The topological polar surface area (TPSA) is 101 Å². The summed E-state index contributed by atoms with van der Waals surface area (Å²) in [6, 6.07) is 9.78. The normalized spacial score (nSPS) is 12.3. The van der Waals surface area contributed by atoms with Crippen LogP contribution in [0.5, 0.6) is 0 Å². The van der Waals surface area contributed by atoms with Crippen LogP contribution in [0.2, 0.25) is 0 Å². The van der Waals surface area contributed by atoms with E-state index in [1.165, 1.54) is 0 Å². The van der Waals surface area contributed by atoms with Crippen LogP contribution in [0.3, 0.4) is 0 Å². The van der Waals surface area contributed by atoms with Crippen LogP contribution in [0, 0.1) is 6.92 Å². The summed E-state index contributed by atoms with van der Waals surface area (Å²) in [4.78, 5) is 19.3. The van der Waals surface area contributed by atoms with Crippen LogP contribution in [-0.4, -0.2) is 22.4 Å². The summed E-state index contributed by atoms with van der Waals surface area (Å²) < 4.78 is 0. The van der Waals surface area contributed by atoms with Crippen LogP contribution >= 0.6 is 0 Å². The van der Waals surface area contributed by atoms with E-state index >= 15 is 0 Å². The molecule has 1 heterocycles. The van der Waals surface area contributed by atoms with Crippen molar-refractivity contribution in [2.24, 2.45) is 10.7 Å². The van der Waals surface area contributed by atoms with Crippen molar-refractivity contribution in [3.8, 4) is 0 Å². The molecule has 0 amide bonds. The minimum absolute atomic E-state index is 0.164. The van der Waals surface area contributed by atoms with Gasteiger partial charge in [-0.15, -0.1) is 0 Å². The molecule has 0 saturated heterocycles. The number of aromatic nitrogens is 1. The molecule has 0 aliphatic rings. The van der Waals surface area contributed by atoms with E-state index in [-0.39, 0.29) is 5.70 Å². The fourth-order valence-electron chi connectivity index (χ4n) is 2.22. The smallest absolute Gasteiger partial charge is 0.354 e. The standard InChI is InChI=1S/C17H18N4O2/c1-10(16(17(22)23)19-9-18)11(2)20-15-8-13-6-4-5-7-14(13)12(3)21-15/h4-9H,2H2,1,3H3,(H2,18,19)(H,20,21)(H,22,23)/b16-10-. The molecule has 0 saturated carbocycles. The molecule has 6 heteroatoms. The van der Waals surface area contributed by atoms with Crippen molar-refractivity contribution in [1.29, 1.82) is 0 Å². The number of hydrogen-bond donors (Lipinski definition) is 3. The molecule has 0 fully saturated rings. The Kier molecular flexibility index (Phi) is 4.75. The van der Waals surface area contributed by atoms with Crippen LogP contribution in [0.4, 0.5) is 5.82 Å². The Balaban J connectivity index is 2.37. The molecule has 0 bridgehead atoms. The molecule has 4 N–H and O–H groups in total. The number of carboxylic acids is 1. The van der Waals surface area contributed by atoms with Gasteiger partial charge >= 0.3 is 5.97 Å². The van der Waals surface area contributed by atoms with Crippen molar-refractivity contribution >= 4 is 28.9 Å². The molecule has 0 atom stereocenters. The van der Waals surface area contributed by atoms with E-state index in [4.69, 9.17) is 10.8 Å². The SMILES string of the molecule is C=C(Nc1cc2ccccc2c(C)n1)/C(C)=C(\N=C/N)C(=O)O. The Bertz CT molecular complexity index is 838. The number of carboxylic acid groups (broad SMARTS) is 1. The van der Waals surface area contributed by atoms with E-state index in [0.29, 0.717) is 17.1 Å². The first-order chi connectivity index (χ1) is 10.9. The summed E-state index contributed by atoms with van der Waals surface area (Å²) in [5.74, 6) is -0.582. The van der Waals surface area contributed by atoms with Gasteiger partial charge in [0, 0.05) is 22.4 Å². The molecule has 0 aliphatic carbocycles. The number of fused-ring (bicyclic) bond motifs is 1. The average Bonchev–Trinajstić information content (AvgIpc) is 2.51. The Morgan fingerprint density at radius 1 is 1.43 bits per heavy atom. The predicted octanol–water partition coefficient (Wildman–Crippen LogP) is 2.81. The number of rotatable bonds is 5. The molecule has 0 radical (unpaired) electrons. The first-order valence-electron chi connectivity index (χ1n) is 6.95. The van der Waals surface area contributed by atoms with Crippen molar-refractivity contribution < 1.29 is 9.90 Å². The summed E-state index contributed by atoms with van der Waals surface area (Å²) in [6.45, 7) is 7.39. The third-order valence-corrected chi connectivity index (χ3v) is 3.42. The minimum Gasteiger partial charge on any atom is -0.477 e. The summed E-state index contributed by atoms with van der Waals surface area (Å²) >= 11 is 0. The van der Waals surface area contributed by atoms with Gasteiger partial charge in [0.15, 0.2) is 5.70 Å². The highest BCUT2D eigenvalue weighted by Crippen LogP contribution is 2.22. The molecule has 0 spiro atoms. The van der Waals surface area contributed by atoms with Crippen molar-refractivity contribution in [1.82, 2.24) is 4.98 Å². The van der Waals surface area contributed by atoms with E-state index < -0.39 is 5.97 Å². The largest absolute Gasteiger partial charge is 0.477 e. The third-order valence-electron chi connectivity index (χ3n) is 3.42. The Morgan fingerprint density at radius 3 is 2.78 bits per heavy atom.